The van der Waals surface area contributed by atoms with Crippen LogP contribution in [0, 0.1) is 6.92 Å². The summed E-state index contributed by atoms with van der Waals surface area (Å²) in [6.45, 7) is 1.92. The SMILES string of the molecule is Cc1ccc(S(=O)(=O)OC2=C(c3ccccc3)c3ccccc3C2)cc1. The van der Waals surface area contributed by atoms with Crippen molar-refractivity contribution in [3.05, 3.63) is 107 Å². The highest BCUT2D eigenvalue weighted by atomic mass is 32.2. The van der Waals surface area contributed by atoms with Gasteiger partial charge in [0.2, 0.25) is 0 Å². The lowest BCUT2D eigenvalue weighted by Gasteiger charge is -2.11. The van der Waals surface area contributed by atoms with Gasteiger partial charge in [0.05, 0.1) is 0 Å². The first-order chi connectivity index (χ1) is 12.5. The van der Waals surface area contributed by atoms with Gasteiger partial charge < -0.3 is 4.18 Å². The van der Waals surface area contributed by atoms with E-state index in [0.717, 1.165) is 27.8 Å². The van der Waals surface area contributed by atoms with Crippen molar-refractivity contribution in [2.75, 3.05) is 0 Å². The van der Waals surface area contributed by atoms with Gasteiger partial charge in [0.25, 0.3) is 0 Å². The van der Waals surface area contributed by atoms with Crippen LogP contribution in [0.2, 0.25) is 0 Å². The quantitative estimate of drug-likeness (QED) is 0.631. The lowest BCUT2D eigenvalue weighted by Crippen LogP contribution is -2.07. The average molecular weight is 362 g/mol. The molecule has 0 atom stereocenters. The highest BCUT2D eigenvalue weighted by Gasteiger charge is 2.28. The van der Waals surface area contributed by atoms with Gasteiger partial charge in [-0.25, -0.2) is 0 Å². The first-order valence-corrected chi connectivity index (χ1v) is 9.83. The molecule has 0 aromatic heterocycles. The summed E-state index contributed by atoms with van der Waals surface area (Å²) >= 11 is 0. The Bertz CT molecular complexity index is 1080. The van der Waals surface area contributed by atoms with E-state index in [9.17, 15) is 8.42 Å². The molecule has 3 nitrogen and oxygen atoms in total. The summed E-state index contributed by atoms with van der Waals surface area (Å²) in [5.74, 6) is 0.470. The Morgan fingerprint density at radius 1 is 0.808 bits per heavy atom. The van der Waals surface area contributed by atoms with E-state index in [2.05, 4.69) is 0 Å². The minimum atomic E-state index is -3.88. The third-order valence-corrected chi connectivity index (χ3v) is 5.77. The van der Waals surface area contributed by atoms with E-state index >= 15 is 0 Å². The molecule has 0 fully saturated rings. The average Bonchev–Trinajstić information content (AvgIpc) is 3.00. The molecule has 0 bridgehead atoms. The van der Waals surface area contributed by atoms with Crippen LogP contribution in [0.25, 0.3) is 5.57 Å². The third-order valence-electron chi connectivity index (χ3n) is 4.50. The molecule has 0 saturated carbocycles. The number of hydrogen-bond donors (Lipinski definition) is 0. The predicted molar refractivity (Wildman–Crippen MR) is 102 cm³/mol. The van der Waals surface area contributed by atoms with E-state index in [1.807, 2.05) is 61.5 Å². The molecule has 3 aromatic carbocycles. The predicted octanol–water partition coefficient (Wildman–Crippen LogP) is 4.72. The number of allylic oxidation sites excluding steroid dienone is 1. The minimum absolute atomic E-state index is 0.166. The molecule has 0 amide bonds. The Morgan fingerprint density at radius 2 is 1.46 bits per heavy atom. The maximum Gasteiger partial charge on any atom is 0.338 e. The van der Waals surface area contributed by atoms with Gasteiger partial charge in [0.1, 0.15) is 10.7 Å². The highest BCUT2D eigenvalue weighted by molar-refractivity contribution is 7.86. The summed E-state index contributed by atoms with van der Waals surface area (Å²) in [6, 6.07) is 24.4. The lowest BCUT2D eigenvalue weighted by atomic mass is 9.99. The van der Waals surface area contributed by atoms with E-state index in [4.69, 9.17) is 4.18 Å². The molecule has 1 aliphatic carbocycles. The second-order valence-corrected chi connectivity index (χ2v) is 7.89. The van der Waals surface area contributed by atoms with Gasteiger partial charge in [-0.05, 0) is 35.7 Å². The van der Waals surface area contributed by atoms with E-state index in [0.29, 0.717) is 12.2 Å². The molecule has 0 saturated heterocycles. The van der Waals surface area contributed by atoms with Crippen LogP contribution in [0.3, 0.4) is 0 Å². The molecule has 26 heavy (non-hydrogen) atoms. The van der Waals surface area contributed by atoms with E-state index in [1.165, 1.54) is 0 Å². The summed E-state index contributed by atoms with van der Waals surface area (Å²) in [6.07, 6.45) is 0.464. The molecule has 0 spiro atoms. The molecule has 4 heteroatoms. The van der Waals surface area contributed by atoms with E-state index < -0.39 is 10.1 Å². The van der Waals surface area contributed by atoms with E-state index in [1.54, 1.807) is 24.3 Å². The fourth-order valence-corrected chi connectivity index (χ4v) is 4.18. The molecule has 0 unspecified atom stereocenters. The Kier molecular flexibility index (Phi) is 4.13. The molecular formula is C22H18O3S. The van der Waals surface area contributed by atoms with Crippen LogP contribution in [0.15, 0.2) is 89.5 Å². The normalized spacial score (nSPS) is 13.6. The van der Waals surface area contributed by atoms with Gasteiger partial charge in [-0.3, -0.25) is 0 Å². The van der Waals surface area contributed by atoms with Crippen LogP contribution in [-0.4, -0.2) is 8.42 Å². The van der Waals surface area contributed by atoms with Gasteiger partial charge in [-0.15, -0.1) is 0 Å². The minimum Gasteiger partial charge on any atom is -0.382 e. The van der Waals surface area contributed by atoms with Crippen LogP contribution in [0.5, 0.6) is 0 Å². The summed E-state index contributed by atoms with van der Waals surface area (Å²) in [4.78, 5) is 0.166. The van der Waals surface area contributed by atoms with E-state index in [-0.39, 0.29) is 4.90 Å². The molecule has 4 rings (SSSR count). The monoisotopic (exact) mass is 362 g/mol. The molecule has 0 radical (unpaired) electrons. The fraction of sp³-hybridized carbons (Fsp3) is 0.0909. The Balaban J connectivity index is 1.80. The van der Waals surface area contributed by atoms with Gasteiger partial charge in [0.15, 0.2) is 0 Å². The van der Waals surface area contributed by atoms with Crippen molar-refractivity contribution in [1.82, 2.24) is 0 Å². The zero-order valence-electron chi connectivity index (χ0n) is 14.3. The number of hydrogen-bond acceptors (Lipinski definition) is 3. The Morgan fingerprint density at radius 3 is 2.19 bits per heavy atom. The van der Waals surface area contributed by atoms with Gasteiger partial charge in [-0.1, -0.05) is 72.3 Å². The van der Waals surface area contributed by atoms with Crippen LogP contribution in [0.1, 0.15) is 22.3 Å². The van der Waals surface area contributed by atoms with Crippen molar-refractivity contribution in [3.8, 4) is 0 Å². The number of aryl methyl sites for hydroxylation is 1. The zero-order valence-corrected chi connectivity index (χ0v) is 15.2. The summed E-state index contributed by atoms with van der Waals surface area (Å²) in [7, 11) is -3.88. The second-order valence-electron chi connectivity index (χ2n) is 6.35. The first kappa shape index (κ1) is 16.6. The molecular weight excluding hydrogens is 344 g/mol. The van der Waals surface area contributed by atoms with Gasteiger partial charge in [-0.2, -0.15) is 8.42 Å². The molecule has 0 heterocycles. The Labute approximate surface area is 153 Å². The van der Waals surface area contributed by atoms with Crippen molar-refractivity contribution < 1.29 is 12.6 Å². The second kappa shape index (κ2) is 6.46. The maximum absolute atomic E-state index is 12.8. The largest absolute Gasteiger partial charge is 0.382 e. The van der Waals surface area contributed by atoms with Crippen molar-refractivity contribution >= 4 is 15.7 Å². The third kappa shape index (κ3) is 3.04. The first-order valence-electron chi connectivity index (χ1n) is 8.42. The molecule has 1 aliphatic rings. The molecule has 0 N–H and O–H groups in total. The van der Waals surface area contributed by atoms with Crippen LogP contribution in [0.4, 0.5) is 0 Å². The molecule has 130 valence electrons. The lowest BCUT2D eigenvalue weighted by molar-refractivity contribution is 0.402. The van der Waals surface area contributed by atoms with Crippen LogP contribution in [-0.2, 0) is 20.7 Å². The number of fused-ring (bicyclic) bond motifs is 1. The summed E-state index contributed by atoms with van der Waals surface area (Å²) < 4.78 is 31.2. The topological polar surface area (TPSA) is 43.4 Å². The zero-order chi connectivity index (χ0) is 18.1. The summed E-state index contributed by atoms with van der Waals surface area (Å²) in [5, 5.41) is 0. The van der Waals surface area contributed by atoms with Crippen molar-refractivity contribution in [1.29, 1.82) is 0 Å². The maximum atomic E-state index is 12.8. The highest BCUT2D eigenvalue weighted by Crippen LogP contribution is 2.39. The van der Waals surface area contributed by atoms with Gasteiger partial charge >= 0.3 is 10.1 Å². The smallest absolute Gasteiger partial charge is 0.338 e. The molecule has 3 aromatic rings. The van der Waals surface area contributed by atoms with Crippen molar-refractivity contribution in [2.45, 2.75) is 18.2 Å². The van der Waals surface area contributed by atoms with Crippen LogP contribution >= 0.6 is 0 Å². The summed E-state index contributed by atoms with van der Waals surface area (Å²) in [5.41, 5.74) is 4.89. The van der Waals surface area contributed by atoms with Gasteiger partial charge in [0, 0.05) is 12.0 Å². The van der Waals surface area contributed by atoms with Crippen molar-refractivity contribution in [3.63, 3.8) is 0 Å². The van der Waals surface area contributed by atoms with Crippen LogP contribution < -0.4 is 0 Å². The number of rotatable bonds is 4. The fourth-order valence-electron chi connectivity index (χ4n) is 3.21. The number of benzene rings is 3. The Hall–Kier alpha value is -2.85. The molecule has 0 aliphatic heterocycles. The van der Waals surface area contributed by atoms with Crippen molar-refractivity contribution in [2.24, 2.45) is 0 Å². The standard InChI is InChI=1S/C22H18O3S/c1-16-11-13-19(14-12-16)26(23,24)25-21-15-18-9-5-6-10-20(18)22(21)17-7-3-2-4-8-17/h2-14H,15H2,1H3.